The number of nitrogen functional groups attached to an aromatic ring is 1. The first-order chi connectivity index (χ1) is 4.89. The van der Waals surface area contributed by atoms with E-state index in [4.69, 9.17) is 23.3 Å². The van der Waals surface area contributed by atoms with Crippen molar-refractivity contribution in [3.05, 3.63) is 12.4 Å². The molecule has 0 radical (unpaired) electrons. The van der Waals surface area contributed by atoms with Crippen LogP contribution in [0.3, 0.4) is 0 Å². The average molecular weight is 179 g/mol. The molecule has 0 bridgehead atoms. The van der Waals surface area contributed by atoms with Gasteiger partial charge in [-0.05, 0) is 0 Å². The largest absolute Gasteiger partial charge is 0.759 e. The molecular formula is C3H5N3O4S-2. The van der Waals surface area contributed by atoms with Crippen LogP contribution in [0.1, 0.15) is 0 Å². The number of imidazole rings is 1. The molecule has 0 aliphatic heterocycles. The fourth-order valence-corrected chi connectivity index (χ4v) is 0.277. The molecule has 11 heavy (non-hydrogen) atoms. The lowest BCUT2D eigenvalue weighted by atomic mass is 11.0. The molecule has 0 saturated heterocycles. The van der Waals surface area contributed by atoms with E-state index in [0.717, 1.165) is 0 Å². The monoisotopic (exact) mass is 179 g/mol. The van der Waals surface area contributed by atoms with Crippen LogP contribution < -0.4 is 5.73 Å². The van der Waals surface area contributed by atoms with Crippen LogP contribution in [0.4, 0.5) is 5.95 Å². The molecule has 1 rings (SSSR count). The van der Waals surface area contributed by atoms with E-state index in [1.165, 1.54) is 0 Å². The summed E-state index contributed by atoms with van der Waals surface area (Å²) in [6, 6.07) is 0. The summed E-state index contributed by atoms with van der Waals surface area (Å²) < 4.78 is 34.1. The maximum absolute atomic E-state index is 8.52. The first kappa shape index (κ1) is 9.88. The van der Waals surface area contributed by atoms with Crippen LogP contribution in [0.25, 0.3) is 0 Å². The Morgan fingerprint density at radius 3 is 2.09 bits per heavy atom. The number of aromatic amines is 1. The van der Waals surface area contributed by atoms with Crippen LogP contribution >= 0.6 is 0 Å². The fraction of sp³-hybridized carbons (Fsp3) is 0. The highest BCUT2D eigenvalue weighted by molar-refractivity contribution is 7.79. The van der Waals surface area contributed by atoms with E-state index in [9.17, 15) is 0 Å². The Morgan fingerprint density at radius 2 is 2.00 bits per heavy atom. The summed E-state index contributed by atoms with van der Waals surface area (Å²) in [5.41, 5.74) is 5.11. The fourth-order valence-electron chi connectivity index (χ4n) is 0.277. The van der Waals surface area contributed by atoms with Gasteiger partial charge in [-0.1, -0.05) is 0 Å². The number of hydrogen-bond acceptors (Lipinski definition) is 6. The van der Waals surface area contributed by atoms with Gasteiger partial charge in [-0.15, -0.1) is 0 Å². The number of H-pyrrole nitrogens is 1. The molecule has 3 N–H and O–H groups in total. The number of hydrogen-bond donors (Lipinski definition) is 2. The quantitative estimate of drug-likeness (QED) is 0.373. The Hall–Kier alpha value is -1.12. The van der Waals surface area contributed by atoms with Gasteiger partial charge in [-0.2, -0.15) is 0 Å². The number of nitrogens with one attached hydrogen (secondary N) is 1. The highest BCUT2D eigenvalue weighted by Crippen LogP contribution is 1.81. The summed E-state index contributed by atoms with van der Waals surface area (Å²) in [7, 11) is -5.17. The predicted molar refractivity (Wildman–Crippen MR) is 33.5 cm³/mol. The summed E-state index contributed by atoms with van der Waals surface area (Å²) in [4.78, 5) is 6.31. The van der Waals surface area contributed by atoms with E-state index < -0.39 is 10.4 Å². The normalized spacial score (nSPS) is 10.0. The van der Waals surface area contributed by atoms with Crippen molar-refractivity contribution >= 4 is 16.3 Å². The van der Waals surface area contributed by atoms with Gasteiger partial charge in [0.05, 0.1) is 0 Å². The Bertz CT molecular complexity index is 270. The molecule has 64 valence electrons. The molecule has 0 aromatic carbocycles. The highest BCUT2D eigenvalue weighted by Gasteiger charge is 1.74. The number of rotatable bonds is 0. The van der Waals surface area contributed by atoms with Gasteiger partial charge < -0.3 is 19.8 Å². The van der Waals surface area contributed by atoms with Crippen LogP contribution in [0, 0.1) is 0 Å². The van der Waals surface area contributed by atoms with Crippen LogP contribution in [-0.4, -0.2) is 27.5 Å². The molecule has 0 amide bonds. The average Bonchev–Trinajstić information content (AvgIpc) is 2.12. The van der Waals surface area contributed by atoms with Gasteiger partial charge in [-0.3, -0.25) is 8.42 Å². The molecule has 0 aliphatic rings. The molecule has 8 heteroatoms. The third-order valence-corrected chi connectivity index (χ3v) is 0.519. The zero-order valence-electron chi connectivity index (χ0n) is 5.22. The predicted octanol–water partition coefficient (Wildman–Crippen LogP) is -1.35. The summed E-state index contributed by atoms with van der Waals surface area (Å²) in [6.07, 6.45) is 3.28. The minimum absolute atomic E-state index is 0.468. The second kappa shape index (κ2) is 3.91. The Balaban J connectivity index is 0.000000187. The standard InChI is InChI=1S/C3H5N3.H2O4S/c4-3-5-1-2-6-3;1-5(2,3)4/h1-2H,(H3,4,5,6);(H2,1,2,3,4)/p-2. The summed E-state index contributed by atoms with van der Waals surface area (Å²) in [6.45, 7) is 0. The van der Waals surface area contributed by atoms with E-state index in [2.05, 4.69) is 9.97 Å². The zero-order chi connectivity index (χ0) is 8.91. The van der Waals surface area contributed by atoms with Crippen LogP contribution in [0.15, 0.2) is 12.4 Å². The molecule has 0 fully saturated rings. The van der Waals surface area contributed by atoms with Crippen molar-refractivity contribution < 1.29 is 17.5 Å². The second-order valence-electron chi connectivity index (χ2n) is 1.38. The third kappa shape index (κ3) is 12.2. The minimum atomic E-state index is -5.17. The third-order valence-electron chi connectivity index (χ3n) is 0.519. The van der Waals surface area contributed by atoms with Crippen molar-refractivity contribution in [3.8, 4) is 0 Å². The lowest BCUT2D eigenvalue weighted by Crippen LogP contribution is -1.91. The first-order valence-corrected chi connectivity index (χ1v) is 3.64. The van der Waals surface area contributed by atoms with Crippen LogP contribution in [0.5, 0.6) is 0 Å². The van der Waals surface area contributed by atoms with E-state index in [0.29, 0.717) is 5.95 Å². The molecule has 0 aliphatic carbocycles. The molecule has 1 heterocycles. The van der Waals surface area contributed by atoms with Crippen molar-refractivity contribution in [1.29, 1.82) is 0 Å². The molecule has 7 nitrogen and oxygen atoms in total. The maximum atomic E-state index is 8.52. The smallest absolute Gasteiger partial charge is 0.197 e. The van der Waals surface area contributed by atoms with Crippen molar-refractivity contribution in [3.63, 3.8) is 0 Å². The van der Waals surface area contributed by atoms with Crippen LogP contribution in [0.2, 0.25) is 0 Å². The summed E-state index contributed by atoms with van der Waals surface area (Å²) in [5, 5.41) is 0. The van der Waals surface area contributed by atoms with Gasteiger partial charge >= 0.3 is 0 Å². The Kier molecular flexibility index (Phi) is 3.51. The van der Waals surface area contributed by atoms with Crippen molar-refractivity contribution in [2.24, 2.45) is 0 Å². The van der Waals surface area contributed by atoms with E-state index in [-0.39, 0.29) is 0 Å². The second-order valence-corrected chi connectivity index (χ2v) is 2.20. The Labute approximate surface area is 62.8 Å². The molecular weight excluding hydrogens is 174 g/mol. The van der Waals surface area contributed by atoms with Crippen molar-refractivity contribution in [2.75, 3.05) is 5.73 Å². The first-order valence-electron chi connectivity index (χ1n) is 2.31. The minimum Gasteiger partial charge on any atom is -0.759 e. The number of nitrogens with zero attached hydrogens (tertiary/aromatic N) is 1. The summed E-state index contributed by atoms with van der Waals surface area (Å²) in [5.74, 6) is 0.468. The molecule has 0 saturated carbocycles. The van der Waals surface area contributed by atoms with E-state index in [1.54, 1.807) is 12.4 Å². The van der Waals surface area contributed by atoms with Crippen LogP contribution in [-0.2, 0) is 10.4 Å². The number of aromatic nitrogens is 2. The molecule has 0 unspecified atom stereocenters. The van der Waals surface area contributed by atoms with Crippen molar-refractivity contribution in [2.45, 2.75) is 0 Å². The van der Waals surface area contributed by atoms with E-state index in [1.807, 2.05) is 0 Å². The topological polar surface area (TPSA) is 135 Å². The SMILES string of the molecule is Nc1ncc[nH]1.O=S(=O)([O-])[O-]. The lowest BCUT2D eigenvalue weighted by Gasteiger charge is -2.06. The van der Waals surface area contributed by atoms with E-state index >= 15 is 0 Å². The lowest BCUT2D eigenvalue weighted by molar-refractivity contribution is 0.352. The van der Waals surface area contributed by atoms with Crippen molar-refractivity contribution in [1.82, 2.24) is 9.97 Å². The number of nitrogens with two attached hydrogens (primary N) is 1. The molecule has 1 aromatic rings. The molecule has 0 atom stereocenters. The van der Waals surface area contributed by atoms with Gasteiger partial charge in [0.2, 0.25) is 0 Å². The zero-order valence-corrected chi connectivity index (χ0v) is 6.04. The maximum Gasteiger partial charge on any atom is 0.197 e. The highest BCUT2D eigenvalue weighted by atomic mass is 32.3. The van der Waals surface area contributed by atoms with Gasteiger partial charge in [-0.25, -0.2) is 4.98 Å². The number of anilines is 1. The van der Waals surface area contributed by atoms with Gasteiger partial charge in [0.1, 0.15) is 0 Å². The molecule has 1 aromatic heterocycles. The summed E-state index contributed by atoms with van der Waals surface area (Å²) >= 11 is 0. The molecule has 0 spiro atoms. The van der Waals surface area contributed by atoms with Gasteiger partial charge in [0.15, 0.2) is 5.95 Å². The van der Waals surface area contributed by atoms with Gasteiger partial charge in [0.25, 0.3) is 0 Å². The Morgan fingerprint density at radius 1 is 1.55 bits per heavy atom. The van der Waals surface area contributed by atoms with Gasteiger partial charge in [0, 0.05) is 22.8 Å².